The van der Waals surface area contributed by atoms with E-state index < -0.39 is 0 Å². The fourth-order valence-electron chi connectivity index (χ4n) is 3.96. The molecule has 2 aromatic heterocycles. The summed E-state index contributed by atoms with van der Waals surface area (Å²) in [5.41, 5.74) is 3.49. The zero-order chi connectivity index (χ0) is 17.3. The second kappa shape index (κ2) is 6.86. The largest absolute Gasteiger partial charge is 0.373 e. The smallest absolute Gasteiger partial charge is 0.0959 e. The molecule has 6 nitrogen and oxygen atoms in total. The van der Waals surface area contributed by atoms with Crippen LogP contribution in [0.3, 0.4) is 0 Å². The summed E-state index contributed by atoms with van der Waals surface area (Å²) in [5.74, 6) is 0. The van der Waals surface area contributed by atoms with Crippen LogP contribution in [0.2, 0.25) is 0 Å². The summed E-state index contributed by atoms with van der Waals surface area (Å²) in [7, 11) is 2.01. The molecule has 4 rings (SSSR count). The SMILES string of the molecule is Cc1cc(CN2CC3(CC(OCc4ccncc4)CCO3)C2)n(C)n1. The topological polar surface area (TPSA) is 52.4 Å². The van der Waals surface area contributed by atoms with Crippen molar-refractivity contribution in [3.63, 3.8) is 0 Å². The van der Waals surface area contributed by atoms with Crippen molar-refractivity contribution < 1.29 is 9.47 Å². The molecule has 2 saturated heterocycles. The number of likely N-dealkylation sites (tertiary alicyclic amines) is 1. The molecule has 2 fully saturated rings. The average Bonchev–Trinajstić information content (AvgIpc) is 2.90. The van der Waals surface area contributed by atoms with Crippen molar-refractivity contribution in [2.75, 3.05) is 19.7 Å². The molecule has 6 heteroatoms. The Morgan fingerprint density at radius 1 is 1.32 bits per heavy atom. The lowest BCUT2D eigenvalue weighted by Gasteiger charge is -2.53. The van der Waals surface area contributed by atoms with E-state index in [1.807, 2.05) is 43.2 Å². The van der Waals surface area contributed by atoms with Crippen molar-refractivity contribution in [3.8, 4) is 0 Å². The lowest BCUT2D eigenvalue weighted by Crippen LogP contribution is -2.65. The maximum Gasteiger partial charge on any atom is 0.0959 e. The molecule has 2 aliphatic heterocycles. The molecule has 1 spiro atoms. The van der Waals surface area contributed by atoms with Gasteiger partial charge >= 0.3 is 0 Å². The highest BCUT2D eigenvalue weighted by Crippen LogP contribution is 2.36. The molecule has 0 N–H and O–H groups in total. The van der Waals surface area contributed by atoms with E-state index in [0.29, 0.717) is 6.61 Å². The number of aromatic nitrogens is 3. The standard InChI is InChI=1S/C19H26N4O2/c1-15-9-17(22(2)21-15)11-23-13-19(14-23)10-18(5-8-25-19)24-12-16-3-6-20-7-4-16/h3-4,6-7,9,18H,5,8,10-14H2,1-2H3. The van der Waals surface area contributed by atoms with Crippen LogP contribution in [0.25, 0.3) is 0 Å². The van der Waals surface area contributed by atoms with Gasteiger partial charge in [-0.1, -0.05) is 0 Å². The summed E-state index contributed by atoms with van der Waals surface area (Å²) < 4.78 is 14.2. The van der Waals surface area contributed by atoms with E-state index in [2.05, 4.69) is 21.0 Å². The molecule has 0 bridgehead atoms. The highest BCUT2D eigenvalue weighted by Gasteiger charge is 2.47. The quantitative estimate of drug-likeness (QED) is 0.833. The van der Waals surface area contributed by atoms with E-state index in [1.165, 1.54) is 11.3 Å². The van der Waals surface area contributed by atoms with Gasteiger partial charge in [0.15, 0.2) is 0 Å². The lowest BCUT2D eigenvalue weighted by atomic mass is 9.84. The Balaban J connectivity index is 1.28. The number of hydrogen-bond acceptors (Lipinski definition) is 5. The van der Waals surface area contributed by atoms with E-state index in [0.717, 1.165) is 44.8 Å². The maximum atomic E-state index is 6.14. The van der Waals surface area contributed by atoms with Gasteiger partial charge in [0.1, 0.15) is 0 Å². The van der Waals surface area contributed by atoms with Gasteiger partial charge in [-0.15, -0.1) is 0 Å². The summed E-state index contributed by atoms with van der Waals surface area (Å²) >= 11 is 0. The third-order valence-electron chi connectivity index (χ3n) is 5.19. The zero-order valence-corrected chi connectivity index (χ0v) is 15.0. The van der Waals surface area contributed by atoms with Gasteiger partial charge in [0.25, 0.3) is 0 Å². The summed E-state index contributed by atoms with van der Waals surface area (Å²) in [5, 5.41) is 4.43. The van der Waals surface area contributed by atoms with Gasteiger partial charge in [0, 0.05) is 52.1 Å². The van der Waals surface area contributed by atoms with Gasteiger partial charge in [-0.25, -0.2) is 0 Å². The predicted octanol–water partition coefficient (Wildman–Crippen LogP) is 2.07. The number of ether oxygens (including phenoxy) is 2. The molecule has 0 radical (unpaired) electrons. The Kier molecular flexibility index (Phi) is 4.58. The highest BCUT2D eigenvalue weighted by molar-refractivity contribution is 5.11. The van der Waals surface area contributed by atoms with Gasteiger partial charge in [-0.3, -0.25) is 14.6 Å². The molecule has 1 atom stereocenters. The van der Waals surface area contributed by atoms with Crippen molar-refractivity contribution in [2.45, 2.75) is 44.6 Å². The van der Waals surface area contributed by atoms with Crippen molar-refractivity contribution in [2.24, 2.45) is 7.05 Å². The van der Waals surface area contributed by atoms with Gasteiger partial charge in [-0.2, -0.15) is 5.10 Å². The molecule has 0 aromatic carbocycles. The normalized spacial score (nSPS) is 22.9. The molecule has 2 aromatic rings. The first kappa shape index (κ1) is 16.7. The molecule has 1 unspecified atom stereocenters. The van der Waals surface area contributed by atoms with Crippen LogP contribution >= 0.6 is 0 Å². The van der Waals surface area contributed by atoms with E-state index in [1.54, 1.807) is 0 Å². The molecule has 0 saturated carbocycles. The summed E-state index contributed by atoms with van der Waals surface area (Å²) in [6.07, 6.45) is 5.87. The number of rotatable bonds is 5. The Morgan fingerprint density at radius 2 is 2.12 bits per heavy atom. The Morgan fingerprint density at radius 3 is 2.84 bits per heavy atom. The Hall–Kier alpha value is -1.76. The molecule has 0 aliphatic carbocycles. The van der Waals surface area contributed by atoms with E-state index in [4.69, 9.17) is 9.47 Å². The van der Waals surface area contributed by atoms with Gasteiger partial charge in [0.2, 0.25) is 0 Å². The van der Waals surface area contributed by atoms with E-state index in [9.17, 15) is 0 Å². The monoisotopic (exact) mass is 342 g/mol. The second-order valence-corrected chi connectivity index (χ2v) is 7.36. The van der Waals surface area contributed by atoms with E-state index in [-0.39, 0.29) is 11.7 Å². The van der Waals surface area contributed by atoms with Crippen LogP contribution in [0.15, 0.2) is 30.6 Å². The maximum absolute atomic E-state index is 6.14. The summed E-state index contributed by atoms with van der Waals surface area (Å²) in [6, 6.07) is 6.18. The summed E-state index contributed by atoms with van der Waals surface area (Å²) in [6.45, 7) is 6.38. The first-order chi connectivity index (χ1) is 12.1. The van der Waals surface area contributed by atoms with Crippen LogP contribution in [-0.2, 0) is 29.7 Å². The molecule has 134 valence electrons. The Bertz CT molecular complexity index is 709. The first-order valence-electron chi connectivity index (χ1n) is 8.98. The molecule has 25 heavy (non-hydrogen) atoms. The molecular weight excluding hydrogens is 316 g/mol. The van der Waals surface area contributed by atoms with Crippen molar-refractivity contribution in [3.05, 3.63) is 47.5 Å². The van der Waals surface area contributed by atoms with Crippen LogP contribution in [0, 0.1) is 6.92 Å². The van der Waals surface area contributed by atoms with Gasteiger partial charge in [-0.05, 0) is 37.1 Å². The first-order valence-corrected chi connectivity index (χ1v) is 8.98. The van der Waals surface area contributed by atoms with Crippen LogP contribution in [0.4, 0.5) is 0 Å². The fourth-order valence-corrected chi connectivity index (χ4v) is 3.96. The second-order valence-electron chi connectivity index (χ2n) is 7.36. The third kappa shape index (κ3) is 3.76. The molecule has 2 aliphatic rings. The predicted molar refractivity (Wildman–Crippen MR) is 94.0 cm³/mol. The number of pyridine rings is 1. The zero-order valence-electron chi connectivity index (χ0n) is 15.0. The van der Waals surface area contributed by atoms with Crippen molar-refractivity contribution >= 4 is 0 Å². The Labute approximate surface area is 148 Å². The van der Waals surface area contributed by atoms with Crippen LogP contribution in [-0.4, -0.2) is 51.1 Å². The molecule has 4 heterocycles. The number of nitrogens with zero attached hydrogens (tertiary/aromatic N) is 4. The van der Waals surface area contributed by atoms with E-state index >= 15 is 0 Å². The minimum Gasteiger partial charge on any atom is -0.373 e. The van der Waals surface area contributed by atoms with Crippen molar-refractivity contribution in [1.82, 2.24) is 19.7 Å². The fraction of sp³-hybridized carbons (Fsp3) is 0.579. The minimum absolute atomic E-state index is 0.0191. The summed E-state index contributed by atoms with van der Waals surface area (Å²) in [4.78, 5) is 6.48. The van der Waals surface area contributed by atoms with Gasteiger partial charge in [0.05, 0.1) is 29.7 Å². The minimum atomic E-state index is -0.0191. The lowest BCUT2D eigenvalue weighted by molar-refractivity contribution is -0.200. The highest BCUT2D eigenvalue weighted by atomic mass is 16.5. The van der Waals surface area contributed by atoms with Crippen molar-refractivity contribution in [1.29, 1.82) is 0 Å². The van der Waals surface area contributed by atoms with Crippen LogP contribution in [0.5, 0.6) is 0 Å². The molecule has 0 amide bonds. The number of aryl methyl sites for hydroxylation is 2. The van der Waals surface area contributed by atoms with Gasteiger partial charge < -0.3 is 9.47 Å². The molecular formula is C19H26N4O2. The average molecular weight is 342 g/mol. The van der Waals surface area contributed by atoms with Crippen LogP contribution in [0.1, 0.15) is 29.8 Å². The third-order valence-corrected chi connectivity index (χ3v) is 5.19. The number of hydrogen-bond donors (Lipinski definition) is 0. The van der Waals surface area contributed by atoms with Crippen LogP contribution < -0.4 is 0 Å².